The molecular formula is C13H16FNO2. The number of nitrogens with one attached hydrogen (secondary N) is 1. The van der Waals surface area contributed by atoms with Gasteiger partial charge in [-0.3, -0.25) is 4.79 Å². The highest BCUT2D eigenvalue weighted by Gasteiger charge is 2.45. The van der Waals surface area contributed by atoms with Gasteiger partial charge in [-0.15, -0.1) is 0 Å². The zero-order valence-corrected chi connectivity index (χ0v) is 9.58. The number of carbonyl (C=O) groups excluding carboxylic acids is 1. The van der Waals surface area contributed by atoms with Crippen LogP contribution in [-0.4, -0.2) is 24.2 Å². The summed E-state index contributed by atoms with van der Waals surface area (Å²) in [6, 6.07) is 6.11. The predicted octanol–water partition coefficient (Wildman–Crippen LogP) is 1.36. The molecule has 0 heterocycles. The van der Waals surface area contributed by atoms with E-state index in [2.05, 4.69) is 5.32 Å². The summed E-state index contributed by atoms with van der Waals surface area (Å²) in [4.78, 5) is 12.1. The fourth-order valence-corrected chi connectivity index (χ4v) is 2.28. The van der Waals surface area contributed by atoms with Crippen molar-refractivity contribution in [1.29, 1.82) is 0 Å². The number of amides is 1. The maximum Gasteiger partial charge on any atom is 0.230 e. The monoisotopic (exact) mass is 237 g/mol. The van der Waals surface area contributed by atoms with Crippen LogP contribution in [0.25, 0.3) is 0 Å². The van der Waals surface area contributed by atoms with Crippen LogP contribution in [0.5, 0.6) is 0 Å². The van der Waals surface area contributed by atoms with Gasteiger partial charge in [0.05, 0.1) is 12.0 Å². The average molecular weight is 237 g/mol. The van der Waals surface area contributed by atoms with Gasteiger partial charge in [0, 0.05) is 6.54 Å². The number of hydrogen-bond donors (Lipinski definition) is 2. The lowest BCUT2D eigenvalue weighted by atomic mass is 9.64. The Hall–Kier alpha value is -1.42. The number of aliphatic hydroxyl groups excluding tert-OH is 1. The third-order valence-corrected chi connectivity index (χ3v) is 3.44. The van der Waals surface area contributed by atoms with Gasteiger partial charge in [-0.2, -0.15) is 0 Å². The lowest BCUT2D eigenvalue weighted by Crippen LogP contribution is -2.49. The molecule has 0 saturated heterocycles. The topological polar surface area (TPSA) is 49.3 Å². The molecule has 0 aromatic heterocycles. The van der Waals surface area contributed by atoms with Crippen molar-refractivity contribution in [3.63, 3.8) is 0 Å². The van der Waals surface area contributed by atoms with E-state index in [4.69, 9.17) is 5.11 Å². The number of aliphatic hydroxyl groups is 1. The van der Waals surface area contributed by atoms with Crippen molar-refractivity contribution in [2.75, 3.05) is 13.2 Å². The minimum Gasteiger partial charge on any atom is -0.395 e. The smallest absolute Gasteiger partial charge is 0.230 e. The normalized spacial score (nSPS) is 17.3. The molecule has 3 nitrogen and oxygen atoms in total. The van der Waals surface area contributed by atoms with Crippen LogP contribution in [0.2, 0.25) is 0 Å². The van der Waals surface area contributed by atoms with Crippen LogP contribution in [0, 0.1) is 5.82 Å². The van der Waals surface area contributed by atoms with Crippen molar-refractivity contribution < 1.29 is 14.3 Å². The van der Waals surface area contributed by atoms with Crippen molar-refractivity contribution >= 4 is 5.91 Å². The Bertz CT molecular complexity index is 398. The van der Waals surface area contributed by atoms with E-state index < -0.39 is 5.41 Å². The Morgan fingerprint density at radius 3 is 2.47 bits per heavy atom. The second kappa shape index (κ2) is 4.84. The van der Waals surface area contributed by atoms with Crippen molar-refractivity contribution in [2.45, 2.75) is 24.7 Å². The fourth-order valence-electron chi connectivity index (χ4n) is 2.28. The van der Waals surface area contributed by atoms with E-state index in [1.807, 2.05) is 0 Å². The SMILES string of the molecule is O=C(NCCO)C1(c2ccc(F)cc2)CCC1. The van der Waals surface area contributed by atoms with Gasteiger partial charge in [0.25, 0.3) is 0 Å². The lowest BCUT2D eigenvalue weighted by molar-refractivity contribution is -0.130. The van der Waals surface area contributed by atoms with Crippen molar-refractivity contribution in [3.05, 3.63) is 35.6 Å². The van der Waals surface area contributed by atoms with Crippen LogP contribution in [0.4, 0.5) is 4.39 Å². The molecule has 1 aromatic rings. The standard InChI is InChI=1S/C13H16FNO2/c14-11-4-2-10(3-5-11)13(6-1-7-13)12(17)15-8-9-16/h2-5,16H,1,6-9H2,(H,15,17). The van der Waals surface area contributed by atoms with Crippen LogP contribution in [0.15, 0.2) is 24.3 Å². The van der Waals surface area contributed by atoms with E-state index >= 15 is 0 Å². The summed E-state index contributed by atoms with van der Waals surface area (Å²) in [6.07, 6.45) is 2.58. The number of hydrogen-bond acceptors (Lipinski definition) is 2. The molecule has 0 radical (unpaired) electrons. The Balaban J connectivity index is 2.19. The highest BCUT2D eigenvalue weighted by atomic mass is 19.1. The molecule has 1 aromatic carbocycles. The van der Waals surface area contributed by atoms with E-state index in [1.165, 1.54) is 12.1 Å². The molecule has 1 aliphatic rings. The van der Waals surface area contributed by atoms with Gasteiger partial charge in [0.1, 0.15) is 5.82 Å². The van der Waals surface area contributed by atoms with E-state index in [1.54, 1.807) is 12.1 Å². The lowest BCUT2D eigenvalue weighted by Gasteiger charge is -2.40. The first-order valence-electron chi connectivity index (χ1n) is 5.84. The molecule has 1 aliphatic carbocycles. The van der Waals surface area contributed by atoms with Gasteiger partial charge in [0.2, 0.25) is 5.91 Å². The van der Waals surface area contributed by atoms with E-state index in [-0.39, 0.29) is 24.9 Å². The van der Waals surface area contributed by atoms with Gasteiger partial charge in [-0.25, -0.2) is 4.39 Å². The molecule has 0 unspecified atom stereocenters. The first kappa shape index (κ1) is 12.0. The van der Waals surface area contributed by atoms with Crippen molar-refractivity contribution in [2.24, 2.45) is 0 Å². The maximum absolute atomic E-state index is 12.9. The largest absolute Gasteiger partial charge is 0.395 e. The van der Waals surface area contributed by atoms with Gasteiger partial charge >= 0.3 is 0 Å². The Morgan fingerprint density at radius 1 is 1.35 bits per heavy atom. The molecule has 1 amide bonds. The average Bonchev–Trinajstić information content (AvgIpc) is 2.27. The van der Waals surface area contributed by atoms with Crippen molar-refractivity contribution in [3.8, 4) is 0 Å². The number of carbonyl (C=O) groups is 1. The summed E-state index contributed by atoms with van der Waals surface area (Å²) in [7, 11) is 0. The van der Waals surface area contributed by atoms with Crippen LogP contribution in [-0.2, 0) is 10.2 Å². The third-order valence-electron chi connectivity index (χ3n) is 3.44. The van der Waals surface area contributed by atoms with Gasteiger partial charge in [-0.1, -0.05) is 18.6 Å². The maximum atomic E-state index is 12.9. The van der Waals surface area contributed by atoms with Crippen LogP contribution in [0.3, 0.4) is 0 Å². The molecule has 2 N–H and O–H groups in total. The van der Waals surface area contributed by atoms with E-state index in [9.17, 15) is 9.18 Å². The first-order chi connectivity index (χ1) is 8.19. The summed E-state index contributed by atoms with van der Waals surface area (Å²) in [5.74, 6) is -0.358. The minimum absolute atomic E-state index is 0.0642. The Labute approximate surface area is 99.7 Å². The molecular weight excluding hydrogens is 221 g/mol. The quantitative estimate of drug-likeness (QED) is 0.830. The number of benzene rings is 1. The molecule has 17 heavy (non-hydrogen) atoms. The van der Waals surface area contributed by atoms with Crippen molar-refractivity contribution in [1.82, 2.24) is 5.32 Å². The summed E-state index contributed by atoms with van der Waals surface area (Å²) in [6.45, 7) is 0.201. The summed E-state index contributed by atoms with van der Waals surface area (Å²) in [5, 5.41) is 11.4. The summed E-state index contributed by atoms with van der Waals surface area (Å²) < 4.78 is 12.9. The highest BCUT2D eigenvalue weighted by molar-refractivity contribution is 5.89. The van der Waals surface area contributed by atoms with Gasteiger partial charge < -0.3 is 10.4 Å². The number of halogens is 1. The second-order valence-electron chi connectivity index (χ2n) is 4.42. The summed E-state index contributed by atoms with van der Waals surface area (Å²) in [5.41, 5.74) is 0.351. The molecule has 0 aliphatic heterocycles. The van der Waals surface area contributed by atoms with Crippen LogP contribution >= 0.6 is 0 Å². The van der Waals surface area contributed by atoms with Gasteiger partial charge in [0.15, 0.2) is 0 Å². The zero-order valence-electron chi connectivity index (χ0n) is 9.58. The second-order valence-corrected chi connectivity index (χ2v) is 4.42. The molecule has 4 heteroatoms. The molecule has 0 spiro atoms. The molecule has 1 fully saturated rings. The molecule has 2 rings (SSSR count). The fraction of sp³-hybridized carbons (Fsp3) is 0.462. The molecule has 0 bridgehead atoms. The molecule has 0 atom stereocenters. The van der Waals surface area contributed by atoms with E-state index in [0.717, 1.165) is 24.8 Å². The van der Waals surface area contributed by atoms with Gasteiger partial charge in [-0.05, 0) is 30.5 Å². The van der Waals surface area contributed by atoms with E-state index in [0.29, 0.717) is 0 Å². The number of rotatable bonds is 4. The Kier molecular flexibility index (Phi) is 3.43. The third kappa shape index (κ3) is 2.17. The molecule has 1 saturated carbocycles. The van der Waals surface area contributed by atoms with Crippen LogP contribution < -0.4 is 5.32 Å². The molecule has 92 valence electrons. The minimum atomic E-state index is -0.511. The summed E-state index contributed by atoms with van der Waals surface area (Å²) >= 11 is 0. The first-order valence-corrected chi connectivity index (χ1v) is 5.84. The van der Waals surface area contributed by atoms with Crippen LogP contribution in [0.1, 0.15) is 24.8 Å². The Morgan fingerprint density at radius 2 is 2.00 bits per heavy atom. The zero-order chi connectivity index (χ0) is 12.3. The highest BCUT2D eigenvalue weighted by Crippen LogP contribution is 2.43. The predicted molar refractivity (Wildman–Crippen MR) is 62.0 cm³/mol.